The van der Waals surface area contributed by atoms with Crippen molar-refractivity contribution in [3.05, 3.63) is 46.3 Å². The lowest BCUT2D eigenvalue weighted by Gasteiger charge is -2.32. The number of nitrogens with zero attached hydrogens (tertiary/aromatic N) is 3. The van der Waals surface area contributed by atoms with E-state index in [1.807, 2.05) is 25.1 Å². The Labute approximate surface area is 186 Å². The highest BCUT2D eigenvalue weighted by atomic mass is 32.1. The lowest BCUT2D eigenvalue weighted by atomic mass is 10.0. The van der Waals surface area contributed by atoms with Crippen molar-refractivity contribution in [3.8, 4) is 0 Å². The predicted octanol–water partition coefficient (Wildman–Crippen LogP) is 4.84. The third-order valence-electron chi connectivity index (χ3n) is 5.27. The SMILES string of the molecule is CN(C)c1nc2sc(C(=O)NC3CCN(Cc4cccc(C(F)(F)F)c4)CC3)cc2s1. The molecule has 0 radical (unpaired) electrons. The van der Waals surface area contributed by atoms with E-state index in [0.29, 0.717) is 17.0 Å². The minimum Gasteiger partial charge on any atom is -0.354 e. The van der Waals surface area contributed by atoms with Crippen LogP contribution in [0.1, 0.15) is 33.6 Å². The molecule has 1 saturated heterocycles. The number of alkyl halides is 3. The Morgan fingerprint density at radius 3 is 2.61 bits per heavy atom. The van der Waals surface area contributed by atoms with Crippen LogP contribution < -0.4 is 10.2 Å². The lowest BCUT2D eigenvalue weighted by molar-refractivity contribution is -0.137. The lowest BCUT2D eigenvalue weighted by Crippen LogP contribution is -2.44. The first kappa shape index (κ1) is 22.0. The Bertz CT molecular complexity index is 1040. The van der Waals surface area contributed by atoms with Crippen LogP contribution in [-0.2, 0) is 12.7 Å². The molecule has 0 unspecified atom stereocenters. The smallest absolute Gasteiger partial charge is 0.354 e. The molecule has 0 bridgehead atoms. The number of carbonyl (C=O) groups excluding carboxylic acids is 1. The Hall–Kier alpha value is -2.17. The molecule has 2 aromatic heterocycles. The summed E-state index contributed by atoms with van der Waals surface area (Å²) in [6.07, 6.45) is -2.78. The van der Waals surface area contributed by atoms with E-state index in [1.54, 1.807) is 17.4 Å². The van der Waals surface area contributed by atoms with Crippen LogP contribution in [0.3, 0.4) is 0 Å². The van der Waals surface area contributed by atoms with Gasteiger partial charge in [0.25, 0.3) is 5.91 Å². The summed E-state index contributed by atoms with van der Waals surface area (Å²) in [5, 5.41) is 4.02. The number of likely N-dealkylation sites (tertiary alicyclic amines) is 1. The Kier molecular flexibility index (Phi) is 6.23. The van der Waals surface area contributed by atoms with Crippen molar-refractivity contribution in [2.24, 2.45) is 0 Å². The van der Waals surface area contributed by atoms with E-state index in [2.05, 4.69) is 15.2 Å². The fourth-order valence-electron chi connectivity index (χ4n) is 3.62. The quantitative estimate of drug-likeness (QED) is 0.582. The van der Waals surface area contributed by atoms with Gasteiger partial charge in [-0.3, -0.25) is 9.69 Å². The van der Waals surface area contributed by atoms with Gasteiger partial charge in [0.2, 0.25) is 0 Å². The Morgan fingerprint density at radius 2 is 1.97 bits per heavy atom. The Balaban J connectivity index is 1.30. The molecule has 0 aliphatic carbocycles. The number of anilines is 1. The normalized spacial score (nSPS) is 16.0. The molecule has 0 spiro atoms. The number of fused-ring (bicyclic) bond motifs is 1. The van der Waals surface area contributed by atoms with E-state index >= 15 is 0 Å². The minimum absolute atomic E-state index is 0.0655. The molecule has 1 amide bonds. The average molecular weight is 469 g/mol. The molecule has 4 rings (SSSR count). The highest BCUT2D eigenvalue weighted by Gasteiger charge is 2.30. The van der Waals surface area contributed by atoms with Gasteiger partial charge in [-0.2, -0.15) is 13.2 Å². The fraction of sp³-hybridized carbons (Fsp3) is 0.429. The van der Waals surface area contributed by atoms with Gasteiger partial charge in [0, 0.05) is 39.8 Å². The summed E-state index contributed by atoms with van der Waals surface area (Å²) in [5.74, 6) is -0.0852. The number of benzene rings is 1. The highest BCUT2D eigenvalue weighted by molar-refractivity contribution is 7.29. The number of hydrogen-bond acceptors (Lipinski definition) is 6. The summed E-state index contributed by atoms with van der Waals surface area (Å²) >= 11 is 2.96. The third-order valence-corrected chi connectivity index (χ3v) is 7.59. The van der Waals surface area contributed by atoms with E-state index in [1.165, 1.54) is 23.5 Å². The molecule has 10 heteroatoms. The van der Waals surface area contributed by atoms with E-state index in [0.717, 1.165) is 46.7 Å². The average Bonchev–Trinajstić information content (AvgIpc) is 3.29. The van der Waals surface area contributed by atoms with Crippen molar-refractivity contribution in [2.75, 3.05) is 32.1 Å². The number of amides is 1. The Morgan fingerprint density at radius 1 is 1.23 bits per heavy atom. The van der Waals surface area contributed by atoms with Gasteiger partial charge in [0.05, 0.1) is 15.1 Å². The van der Waals surface area contributed by atoms with Crippen LogP contribution >= 0.6 is 22.7 Å². The molecule has 0 saturated carbocycles. The molecule has 3 heterocycles. The zero-order valence-corrected chi connectivity index (χ0v) is 18.8. The van der Waals surface area contributed by atoms with E-state index < -0.39 is 11.7 Å². The molecule has 1 N–H and O–H groups in total. The number of thiazole rings is 1. The van der Waals surface area contributed by atoms with Gasteiger partial charge in [-0.1, -0.05) is 29.5 Å². The van der Waals surface area contributed by atoms with Gasteiger partial charge in [-0.15, -0.1) is 11.3 Å². The second-order valence-electron chi connectivity index (χ2n) is 7.89. The fourth-order valence-corrected chi connectivity index (χ4v) is 5.66. The summed E-state index contributed by atoms with van der Waals surface area (Å²) < 4.78 is 39.7. The van der Waals surface area contributed by atoms with E-state index in [9.17, 15) is 18.0 Å². The van der Waals surface area contributed by atoms with Gasteiger partial charge in [-0.05, 0) is 30.5 Å². The molecule has 1 fully saturated rings. The van der Waals surface area contributed by atoms with Crippen molar-refractivity contribution in [3.63, 3.8) is 0 Å². The maximum absolute atomic E-state index is 12.9. The maximum atomic E-state index is 12.9. The van der Waals surface area contributed by atoms with Crippen LogP contribution in [0, 0.1) is 0 Å². The summed E-state index contributed by atoms with van der Waals surface area (Å²) in [7, 11) is 3.88. The van der Waals surface area contributed by atoms with Crippen molar-refractivity contribution >= 4 is 43.2 Å². The first-order valence-corrected chi connectivity index (χ1v) is 11.6. The van der Waals surface area contributed by atoms with E-state index in [4.69, 9.17) is 0 Å². The number of aromatic nitrogens is 1. The molecule has 31 heavy (non-hydrogen) atoms. The topological polar surface area (TPSA) is 48.5 Å². The maximum Gasteiger partial charge on any atom is 0.416 e. The predicted molar refractivity (Wildman–Crippen MR) is 119 cm³/mol. The number of thiophene rings is 1. The van der Waals surface area contributed by atoms with Crippen LogP contribution in [0.15, 0.2) is 30.3 Å². The first-order chi connectivity index (χ1) is 14.7. The molecule has 5 nitrogen and oxygen atoms in total. The molecule has 3 aromatic rings. The second kappa shape index (κ2) is 8.76. The second-order valence-corrected chi connectivity index (χ2v) is 9.93. The molecule has 1 aliphatic rings. The van der Waals surface area contributed by atoms with Crippen LogP contribution in [0.5, 0.6) is 0 Å². The summed E-state index contributed by atoms with van der Waals surface area (Å²) in [4.78, 5) is 22.8. The minimum atomic E-state index is -4.33. The largest absolute Gasteiger partial charge is 0.416 e. The van der Waals surface area contributed by atoms with E-state index in [-0.39, 0.29) is 11.9 Å². The van der Waals surface area contributed by atoms with Crippen molar-refractivity contribution < 1.29 is 18.0 Å². The summed E-state index contributed by atoms with van der Waals surface area (Å²) in [5.41, 5.74) is 0.0377. The molecule has 166 valence electrons. The zero-order chi connectivity index (χ0) is 22.2. The molecular formula is C21H23F3N4OS2. The van der Waals surface area contributed by atoms with Gasteiger partial charge >= 0.3 is 6.18 Å². The van der Waals surface area contributed by atoms with Crippen LogP contribution in [-0.4, -0.2) is 49.0 Å². The van der Waals surface area contributed by atoms with Gasteiger partial charge in [-0.25, -0.2) is 4.98 Å². The third kappa shape index (κ3) is 5.19. The van der Waals surface area contributed by atoms with Crippen molar-refractivity contribution in [1.82, 2.24) is 15.2 Å². The monoisotopic (exact) mass is 468 g/mol. The molecule has 0 atom stereocenters. The standard InChI is InChI=1S/C21H23F3N4OS2/c1-27(2)20-26-19-17(31-20)11-16(30-19)18(29)25-15-6-8-28(9-7-15)12-13-4-3-5-14(10-13)21(22,23)24/h3-5,10-11,15H,6-9,12H2,1-2H3,(H,25,29). The number of nitrogens with one attached hydrogen (secondary N) is 1. The molecule has 1 aromatic carbocycles. The summed E-state index contributed by atoms with van der Waals surface area (Å²) in [6.45, 7) is 1.94. The first-order valence-electron chi connectivity index (χ1n) is 9.96. The van der Waals surface area contributed by atoms with Crippen molar-refractivity contribution in [1.29, 1.82) is 0 Å². The van der Waals surface area contributed by atoms with Gasteiger partial charge in [0.15, 0.2) is 5.13 Å². The van der Waals surface area contributed by atoms with Crippen LogP contribution in [0.2, 0.25) is 0 Å². The van der Waals surface area contributed by atoms with Crippen LogP contribution in [0.25, 0.3) is 9.53 Å². The molecule has 1 aliphatic heterocycles. The summed E-state index contributed by atoms with van der Waals surface area (Å²) in [6, 6.07) is 7.44. The van der Waals surface area contributed by atoms with Gasteiger partial charge in [0.1, 0.15) is 4.83 Å². The number of piperidine rings is 1. The highest BCUT2D eigenvalue weighted by Crippen LogP contribution is 2.34. The molecular weight excluding hydrogens is 445 g/mol. The zero-order valence-electron chi connectivity index (χ0n) is 17.2. The van der Waals surface area contributed by atoms with Crippen molar-refractivity contribution in [2.45, 2.75) is 31.6 Å². The number of rotatable bonds is 5. The van der Waals surface area contributed by atoms with Crippen LogP contribution in [0.4, 0.5) is 18.3 Å². The van der Waals surface area contributed by atoms with Gasteiger partial charge < -0.3 is 10.2 Å². The number of halogens is 3. The number of hydrogen-bond donors (Lipinski definition) is 1. The number of carbonyl (C=O) groups is 1.